The van der Waals surface area contributed by atoms with E-state index in [0.717, 1.165) is 0 Å². The van der Waals surface area contributed by atoms with Gasteiger partial charge in [0.1, 0.15) is 0 Å². The van der Waals surface area contributed by atoms with Gasteiger partial charge in [0.15, 0.2) is 0 Å². The first kappa shape index (κ1) is 19.6. The maximum Gasteiger partial charge on any atom is 0.313 e. The molecule has 0 heterocycles. The third-order valence-corrected chi connectivity index (χ3v) is 3.37. The minimum absolute atomic E-state index is 0.191. The lowest BCUT2D eigenvalue weighted by Crippen LogP contribution is -2.38. The van der Waals surface area contributed by atoms with Gasteiger partial charge in [0, 0.05) is 24.8 Å². The fourth-order valence-electron chi connectivity index (χ4n) is 1.86. The monoisotopic (exact) mass is 335 g/mol. The second kappa shape index (κ2) is 8.44. The Morgan fingerprint density at radius 1 is 1.00 bits per heavy atom. The number of aliphatic hydroxyl groups excluding tert-OH is 1. The SMILES string of the molecule is CC(=O)Nc1ccc(NC(=O)C(=O)NCCC(O)C(C)(C)C)cc1. The summed E-state index contributed by atoms with van der Waals surface area (Å²) in [6.07, 6.45) is -0.198. The molecule has 1 aromatic rings. The van der Waals surface area contributed by atoms with Gasteiger partial charge in [-0.25, -0.2) is 0 Å². The molecule has 7 nitrogen and oxygen atoms in total. The summed E-state index contributed by atoms with van der Waals surface area (Å²) < 4.78 is 0. The van der Waals surface area contributed by atoms with E-state index in [0.29, 0.717) is 17.8 Å². The van der Waals surface area contributed by atoms with Crippen molar-refractivity contribution in [3.8, 4) is 0 Å². The highest BCUT2D eigenvalue weighted by atomic mass is 16.3. The summed E-state index contributed by atoms with van der Waals surface area (Å²) in [5.74, 6) is -1.74. The van der Waals surface area contributed by atoms with E-state index < -0.39 is 17.9 Å². The molecule has 132 valence electrons. The lowest BCUT2D eigenvalue weighted by atomic mass is 9.87. The van der Waals surface area contributed by atoms with Gasteiger partial charge in [-0.3, -0.25) is 14.4 Å². The minimum Gasteiger partial charge on any atom is -0.393 e. The highest BCUT2D eigenvalue weighted by Gasteiger charge is 2.22. The first-order valence-electron chi connectivity index (χ1n) is 7.74. The zero-order valence-electron chi connectivity index (χ0n) is 14.5. The average Bonchev–Trinajstić information content (AvgIpc) is 2.47. The molecule has 0 saturated carbocycles. The van der Waals surface area contributed by atoms with E-state index in [-0.39, 0.29) is 17.9 Å². The van der Waals surface area contributed by atoms with Gasteiger partial charge in [-0.05, 0) is 36.1 Å². The number of carbonyl (C=O) groups excluding carboxylic acids is 3. The van der Waals surface area contributed by atoms with Crippen molar-refractivity contribution in [3.05, 3.63) is 24.3 Å². The Morgan fingerprint density at radius 3 is 1.96 bits per heavy atom. The Balaban J connectivity index is 2.44. The fraction of sp³-hybridized carbons (Fsp3) is 0.471. The van der Waals surface area contributed by atoms with Crippen molar-refractivity contribution in [2.45, 2.75) is 40.2 Å². The molecule has 0 aliphatic rings. The third kappa shape index (κ3) is 6.78. The highest BCUT2D eigenvalue weighted by Crippen LogP contribution is 2.20. The predicted molar refractivity (Wildman–Crippen MR) is 92.5 cm³/mol. The van der Waals surface area contributed by atoms with Gasteiger partial charge in [-0.1, -0.05) is 20.8 Å². The summed E-state index contributed by atoms with van der Waals surface area (Å²) in [7, 11) is 0. The number of benzene rings is 1. The summed E-state index contributed by atoms with van der Waals surface area (Å²) in [5.41, 5.74) is 0.767. The van der Waals surface area contributed by atoms with E-state index in [1.807, 2.05) is 20.8 Å². The summed E-state index contributed by atoms with van der Waals surface area (Å²) in [5, 5.41) is 17.4. The number of hydrogen-bond donors (Lipinski definition) is 4. The molecule has 0 fully saturated rings. The van der Waals surface area contributed by atoms with Crippen LogP contribution in [-0.2, 0) is 14.4 Å². The summed E-state index contributed by atoms with van der Waals surface area (Å²) in [6, 6.07) is 6.41. The zero-order valence-corrected chi connectivity index (χ0v) is 14.5. The Morgan fingerprint density at radius 2 is 1.50 bits per heavy atom. The number of nitrogens with one attached hydrogen (secondary N) is 3. The van der Waals surface area contributed by atoms with Crippen LogP contribution in [0.15, 0.2) is 24.3 Å². The van der Waals surface area contributed by atoms with Crippen molar-refractivity contribution in [2.75, 3.05) is 17.2 Å². The lowest BCUT2D eigenvalue weighted by molar-refractivity contribution is -0.136. The Bertz CT molecular complexity index is 591. The van der Waals surface area contributed by atoms with Crippen LogP contribution < -0.4 is 16.0 Å². The van der Waals surface area contributed by atoms with Gasteiger partial charge < -0.3 is 21.1 Å². The van der Waals surface area contributed by atoms with Crippen molar-refractivity contribution in [3.63, 3.8) is 0 Å². The van der Waals surface area contributed by atoms with E-state index in [2.05, 4.69) is 16.0 Å². The molecular weight excluding hydrogens is 310 g/mol. The molecule has 0 aliphatic heterocycles. The molecule has 1 unspecified atom stereocenters. The summed E-state index contributed by atoms with van der Waals surface area (Å²) in [4.78, 5) is 34.4. The van der Waals surface area contributed by atoms with Gasteiger partial charge in [0.2, 0.25) is 5.91 Å². The van der Waals surface area contributed by atoms with E-state index in [1.54, 1.807) is 24.3 Å². The quantitative estimate of drug-likeness (QED) is 0.612. The first-order valence-corrected chi connectivity index (χ1v) is 7.74. The van der Waals surface area contributed by atoms with Crippen LogP contribution in [0.5, 0.6) is 0 Å². The van der Waals surface area contributed by atoms with Crippen LogP contribution in [0.1, 0.15) is 34.1 Å². The highest BCUT2D eigenvalue weighted by molar-refractivity contribution is 6.39. The topological polar surface area (TPSA) is 108 Å². The van der Waals surface area contributed by atoms with Crippen LogP contribution in [0.2, 0.25) is 0 Å². The van der Waals surface area contributed by atoms with Gasteiger partial charge in [-0.15, -0.1) is 0 Å². The van der Waals surface area contributed by atoms with Crippen molar-refractivity contribution >= 4 is 29.1 Å². The molecule has 4 N–H and O–H groups in total. The second-order valence-electron chi connectivity index (χ2n) is 6.64. The second-order valence-corrected chi connectivity index (χ2v) is 6.64. The lowest BCUT2D eigenvalue weighted by Gasteiger charge is -2.25. The Kier molecular flexibility index (Phi) is 6.91. The Hall–Kier alpha value is -2.41. The third-order valence-electron chi connectivity index (χ3n) is 3.37. The maximum atomic E-state index is 11.8. The number of rotatable bonds is 5. The predicted octanol–water partition coefficient (Wildman–Crippen LogP) is 1.50. The van der Waals surface area contributed by atoms with Crippen LogP contribution >= 0.6 is 0 Å². The van der Waals surface area contributed by atoms with Crippen molar-refractivity contribution in [2.24, 2.45) is 5.41 Å². The number of carbonyl (C=O) groups is 3. The van der Waals surface area contributed by atoms with Gasteiger partial charge in [0.25, 0.3) is 0 Å². The number of hydrogen-bond acceptors (Lipinski definition) is 4. The van der Waals surface area contributed by atoms with Crippen LogP contribution in [0.4, 0.5) is 11.4 Å². The van der Waals surface area contributed by atoms with Gasteiger partial charge in [0.05, 0.1) is 6.10 Å². The summed E-state index contributed by atoms with van der Waals surface area (Å²) >= 11 is 0. The molecule has 24 heavy (non-hydrogen) atoms. The fourth-order valence-corrected chi connectivity index (χ4v) is 1.86. The maximum absolute atomic E-state index is 11.8. The van der Waals surface area contributed by atoms with E-state index in [1.165, 1.54) is 6.92 Å². The van der Waals surface area contributed by atoms with Crippen molar-refractivity contribution < 1.29 is 19.5 Å². The number of aliphatic hydroxyl groups is 1. The molecule has 7 heteroatoms. The standard InChI is InChI=1S/C17H25N3O4/c1-11(21)19-12-5-7-13(8-6-12)20-16(24)15(23)18-10-9-14(22)17(2,3)4/h5-8,14,22H,9-10H2,1-4H3,(H,18,23)(H,19,21)(H,20,24). The molecular formula is C17H25N3O4. The molecule has 0 aromatic heterocycles. The van der Waals surface area contributed by atoms with Crippen molar-refractivity contribution in [1.82, 2.24) is 5.32 Å². The molecule has 1 atom stereocenters. The smallest absolute Gasteiger partial charge is 0.313 e. The largest absolute Gasteiger partial charge is 0.393 e. The van der Waals surface area contributed by atoms with E-state index >= 15 is 0 Å². The van der Waals surface area contributed by atoms with Crippen LogP contribution in [0.25, 0.3) is 0 Å². The van der Waals surface area contributed by atoms with Crippen LogP contribution in [0.3, 0.4) is 0 Å². The van der Waals surface area contributed by atoms with Gasteiger partial charge >= 0.3 is 11.8 Å². The molecule has 1 rings (SSSR count). The molecule has 0 aliphatic carbocycles. The molecule has 3 amide bonds. The van der Waals surface area contributed by atoms with E-state index in [9.17, 15) is 19.5 Å². The van der Waals surface area contributed by atoms with Crippen LogP contribution in [-0.4, -0.2) is 35.5 Å². The van der Waals surface area contributed by atoms with E-state index in [4.69, 9.17) is 0 Å². The average molecular weight is 335 g/mol. The molecule has 0 saturated heterocycles. The molecule has 0 radical (unpaired) electrons. The summed E-state index contributed by atoms with van der Waals surface area (Å²) in [6.45, 7) is 7.31. The zero-order chi connectivity index (χ0) is 18.3. The minimum atomic E-state index is -0.785. The molecule has 0 bridgehead atoms. The Labute approximate surface area is 141 Å². The first-order chi connectivity index (χ1) is 11.1. The molecule has 0 spiro atoms. The number of amides is 3. The molecule has 1 aromatic carbocycles. The normalized spacial score (nSPS) is 12.2. The van der Waals surface area contributed by atoms with Gasteiger partial charge in [-0.2, -0.15) is 0 Å². The van der Waals surface area contributed by atoms with Crippen molar-refractivity contribution in [1.29, 1.82) is 0 Å². The number of anilines is 2. The van der Waals surface area contributed by atoms with Crippen LogP contribution in [0, 0.1) is 5.41 Å².